The molecule has 0 heterocycles. The summed E-state index contributed by atoms with van der Waals surface area (Å²) in [6, 6.07) is 12.9. The first-order valence-electron chi connectivity index (χ1n) is 8.26. The van der Waals surface area contributed by atoms with Gasteiger partial charge in [0.25, 0.3) is 15.9 Å². The van der Waals surface area contributed by atoms with Gasteiger partial charge in [-0.2, -0.15) is 0 Å². The zero-order chi connectivity index (χ0) is 20.0. The molecule has 0 bridgehead atoms. The molecular formula is C19H22N2O5S. The number of methoxy groups -OCH3 is 1. The zero-order valence-electron chi connectivity index (χ0n) is 15.4. The molecule has 2 aromatic carbocycles. The van der Waals surface area contributed by atoms with Crippen molar-refractivity contribution < 1.29 is 22.7 Å². The normalized spacial score (nSPS) is 10.9. The van der Waals surface area contributed by atoms with Crippen LogP contribution in [0.15, 0.2) is 53.4 Å². The summed E-state index contributed by atoms with van der Waals surface area (Å²) in [7, 11) is -1.09. The van der Waals surface area contributed by atoms with Gasteiger partial charge < -0.3 is 10.1 Å². The number of hydrogen-bond acceptors (Lipinski definition) is 5. The summed E-state index contributed by atoms with van der Waals surface area (Å²) < 4.78 is 31.4. The third kappa shape index (κ3) is 5.07. The van der Waals surface area contributed by atoms with Gasteiger partial charge in [-0.1, -0.05) is 23.8 Å². The molecule has 0 saturated carbocycles. The summed E-state index contributed by atoms with van der Waals surface area (Å²) >= 11 is 0. The lowest BCUT2D eigenvalue weighted by atomic mass is 10.2. The largest absolute Gasteiger partial charge is 0.469 e. The molecule has 1 amide bonds. The van der Waals surface area contributed by atoms with E-state index >= 15 is 0 Å². The molecule has 0 aliphatic carbocycles. The minimum Gasteiger partial charge on any atom is -0.469 e. The lowest BCUT2D eigenvalue weighted by molar-refractivity contribution is -0.140. The molecule has 0 fully saturated rings. The molecule has 1 N–H and O–H groups in total. The number of sulfonamides is 1. The molecule has 0 spiro atoms. The Bertz CT molecular complexity index is 923. The van der Waals surface area contributed by atoms with E-state index in [-0.39, 0.29) is 23.4 Å². The van der Waals surface area contributed by atoms with E-state index in [1.807, 2.05) is 19.1 Å². The molecule has 27 heavy (non-hydrogen) atoms. The Labute approximate surface area is 159 Å². The van der Waals surface area contributed by atoms with E-state index in [0.717, 1.165) is 5.56 Å². The van der Waals surface area contributed by atoms with E-state index in [2.05, 4.69) is 10.1 Å². The number of carbonyl (C=O) groups is 2. The van der Waals surface area contributed by atoms with Gasteiger partial charge in [0.15, 0.2) is 0 Å². The number of benzene rings is 2. The van der Waals surface area contributed by atoms with Gasteiger partial charge in [-0.3, -0.25) is 13.9 Å². The molecule has 144 valence electrons. The van der Waals surface area contributed by atoms with Crippen molar-refractivity contribution in [1.29, 1.82) is 0 Å². The zero-order valence-corrected chi connectivity index (χ0v) is 16.2. The number of nitrogens with one attached hydrogen (secondary N) is 1. The van der Waals surface area contributed by atoms with Gasteiger partial charge in [0.1, 0.15) is 0 Å². The van der Waals surface area contributed by atoms with Crippen LogP contribution in [0.4, 0.5) is 5.69 Å². The minimum atomic E-state index is -3.82. The van der Waals surface area contributed by atoms with E-state index in [1.165, 1.54) is 42.7 Å². The molecule has 0 aromatic heterocycles. The standard InChI is InChI=1S/C19H22N2O5S/c1-14-7-9-16(10-8-14)21(2)27(24,25)17-6-4-5-15(13-17)19(23)20-12-11-18(22)26-3/h4-10,13H,11-12H2,1-3H3,(H,20,23). The lowest BCUT2D eigenvalue weighted by Gasteiger charge is -2.20. The van der Waals surface area contributed by atoms with Crippen LogP contribution in [0.3, 0.4) is 0 Å². The highest BCUT2D eigenvalue weighted by Gasteiger charge is 2.22. The van der Waals surface area contributed by atoms with Crippen LogP contribution in [0.25, 0.3) is 0 Å². The van der Waals surface area contributed by atoms with E-state index in [4.69, 9.17) is 0 Å². The Kier molecular flexibility index (Phi) is 6.57. The van der Waals surface area contributed by atoms with E-state index in [1.54, 1.807) is 12.1 Å². The highest BCUT2D eigenvalue weighted by molar-refractivity contribution is 7.92. The van der Waals surface area contributed by atoms with Gasteiger partial charge in [0.2, 0.25) is 0 Å². The van der Waals surface area contributed by atoms with Crippen LogP contribution in [-0.4, -0.2) is 41.0 Å². The SMILES string of the molecule is COC(=O)CCNC(=O)c1cccc(S(=O)(=O)N(C)c2ccc(C)cc2)c1. The topological polar surface area (TPSA) is 92.8 Å². The molecule has 7 nitrogen and oxygen atoms in total. The monoisotopic (exact) mass is 390 g/mol. The molecule has 8 heteroatoms. The first-order valence-corrected chi connectivity index (χ1v) is 9.70. The van der Waals surface area contributed by atoms with Gasteiger partial charge in [-0.25, -0.2) is 8.42 Å². The maximum atomic E-state index is 12.9. The van der Waals surface area contributed by atoms with Gasteiger partial charge in [0.05, 0.1) is 24.1 Å². The number of amides is 1. The number of esters is 1. The van der Waals surface area contributed by atoms with Crippen molar-refractivity contribution in [3.63, 3.8) is 0 Å². The van der Waals surface area contributed by atoms with Gasteiger partial charge >= 0.3 is 5.97 Å². The third-order valence-corrected chi connectivity index (χ3v) is 5.78. The van der Waals surface area contributed by atoms with Crippen LogP contribution in [0.2, 0.25) is 0 Å². The first kappa shape index (κ1) is 20.4. The Balaban J connectivity index is 2.18. The van der Waals surface area contributed by atoms with Crippen molar-refractivity contribution in [3.8, 4) is 0 Å². The van der Waals surface area contributed by atoms with Crippen LogP contribution in [0.1, 0.15) is 22.3 Å². The summed E-state index contributed by atoms with van der Waals surface area (Å²) in [5.41, 5.74) is 1.74. The third-order valence-electron chi connectivity index (χ3n) is 3.99. The number of ether oxygens (including phenoxy) is 1. The molecule has 0 aliphatic heterocycles. The van der Waals surface area contributed by atoms with E-state index in [0.29, 0.717) is 5.69 Å². The Morgan fingerprint density at radius 2 is 1.78 bits per heavy atom. The summed E-state index contributed by atoms with van der Waals surface area (Å²) in [4.78, 5) is 23.3. The predicted octanol–water partition coefficient (Wildman–Crippen LogP) is 2.11. The van der Waals surface area contributed by atoms with Gasteiger partial charge in [-0.15, -0.1) is 0 Å². The maximum Gasteiger partial charge on any atom is 0.307 e. The van der Waals surface area contributed by atoms with Crippen molar-refractivity contribution in [3.05, 3.63) is 59.7 Å². The Hall–Kier alpha value is -2.87. The summed E-state index contributed by atoms with van der Waals surface area (Å²) in [6.07, 6.45) is 0.0381. The quantitative estimate of drug-likeness (QED) is 0.731. The highest BCUT2D eigenvalue weighted by atomic mass is 32.2. The van der Waals surface area contributed by atoms with Crippen molar-refractivity contribution in [1.82, 2.24) is 5.32 Å². The number of carbonyl (C=O) groups excluding carboxylic acids is 2. The first-order chi connectivity index (χ1) is 12.8. The fraction of sp³-hybridized carbons (Fsp3) is 0.263. The molecule has 0 unspecified atom stereocenters. The van der Waals surface area contributed by atoms with Crippen molar-refractivity contribution in [2.45, 2.75) is 18.2 Å². The molecule has 0 radical (unpaired) electrons. The van der Waals surface area contributed by atoms with Crippen LogP contribution in [0.5, 0.6) is 0 Å². The van der Waals surface area contributed by atoms with Gasteiger partial charge in [-0.05, 0) is 37.3 Å². The predicted molar refractivity (Wildman–Crippen MR) is 102 cm³/mol. The summed E-state index contributed by atoms with van der Waals surface area (Å²) in [5, 5.41) is 2.56. The number of aryl methyl sites for hydroxylation is 1. The second-order valence-electron chi connectivity index (χ2n) is 5.92. The second-order valence-corrected chi connectivity index (χ2v) is 7.89. The molecule has 0 saturated heterocycles. The average Bonchev–Trinajstić information content (AvgIpc) is 2.67. The number of rotatable bonds is 7. The summed E-state index contributed by atoms with van der Waals surface area (Å²) in [5.74, 6) is -0.903. The maximum absolute atomic E-state index is 12.9. The molecular weight excluding hydrogens is 368 g/mol. The minimum absolute atomic E-state index is 0.00573. The Morgan fingerprint density at radius 1 is 1.11 bits per heavy atom. The molecule has 2 rings (SSSR count). The van der Waals surface area contributed by atoms with E-state index < -0.39 is 21.9 Å². The average molecular weight is 390 g/mol. The van der Waals surface area contributed by atoms with Crippen LogP contribution in [-0.2, 0) is 19.6 Å². The van der Waals surface area contributed by atoms with Crippen molar-refractivity contribution >= 4 is 27.6 Å². The van der Waals surface area contributed by atoms with Crippen molar-refractivity contribution in [2.75, 3.05) is 25.0 Å². The fourth-order valence-corrected chi connectivity index (χ4v) is 3.57. The molecule has 0 aliphatic rings. The fourth-order valence-electron chi connectivity index (χ4n) is 2.33. The number of hydrogen-bond donors (Lipinski definition) is 1. The summed E-state index contributed by atoms with van der Waals surface area (Å²) in [6.45, 7) is 2.02. The van der Waals surface area contributed by atoms with Gasteiger partial charge in [0, 0.05) is 19.2 Å². The lowest BCUT2D eigenvalue weighted by Crippen LogP contribution is -2.28. The molecule has 0 atom stereocenters. The van der Waals surface area contributed by atoms with E-state index in [9.17, 15) is 18.0 Å². The number of nitrogens with zero attached hydrogens (tertiary/aromatic N) is 1. The Morgan fingerprint density at radius 3 is 2.41 bits per heavy atom. The second kappa shape index (κ2) is 8.68. The molecule has 2 aromatic rings. The highest BCUT2D eigenvalue weighted by Crippen LogP contribution is 2.23. The van der Waals surface area contributed by atoms with Crippen molar-refractivity contribution in [2.24, 2.45) is 0 Å². The number of anilines is 1. The van der Waals surface area contributed by atoms with Crippen LogP contribution in [0, 0.1) is 6.92 Å². The van der Waals surface area contributed by atoms with Crippen LogP contribution < -0.4 is 9.62 Å². The van der Waals surface area contributed by atoms with Crippen LogP contribution >= 0.6 is 0 Å². The smallest absolute Gasteiger partial charge is 0.307 e.